The van der Waals surface area contributed by atoms with E-state index in [0.29, 0.717) is 0 Å². The fraction of sp³-hybridized carbons (Fsp3) is 0.500. The van der Waals surface area contributed by atoms with Crippen LogP contribution in [0.3, 0.4) is 0 Å². The van der Waals surface area contributed by atoms with Crippen LogP contribution in [0.15, 0.2) is 0 Å². The fourth-order valence-corrected chi connectivity index (χ4v) is 0.343. The standard InChI is InChI=1S/C4H3F3OS/c5-4(6,7)3(8)1-2-9/h2H,1H2. The number of carbonyl (C=O) groups is 1. The second-order valence-corrected chi connectivity index (χ2v) is 1.63. The summed E-state index contributed by atoms with van der Waals surface area (Å²) in [5.74, 6) is -1.79. The average molecular weight is 156 g/mol. The van der Waals surface area contributed by atoms with Crippen molar-refractivity contribution in [3.63, 3.8) is 0 Å². The molecule has 0 amide bonds. The topological polar surface area (TPSA) is 17.1 Å². The summed E-state index contributed by atoms with van der Waals surface area (Å²) in [7, 11) is 0. The van der Waals surface area contributed by atoms with Gasteiger partial charge < -0.3 is 0 Å². The molecule has 0 aliphatic rings. The van der Waals surface area contributed by atoms with Crippen LogP contribution in [0.5, 0.6) is 0 Å². The Morgan fingerprint density at radius 3 is 2.11 bits per heavy atom. The van der Waals surface area contributed by atoms with Crippen LogP contribution in [0.2, 0.25) is 0 Å². The van der Waals surface area contributed by atoms with Crippen molar-refractivity contribution in [3.8, 4) is 0 Å². The third kappa shape index (κ3) is 3.18. The molecule has 0 aliphatic carbocycles. The Hall–Kier alpha value is -0.450. The molecule has 0 N–H and O–H groups in total. The van der Waals surface area contributed by atoms with Crippen LogP contribution in [0, 0.1) is 0 Å². The van der Waals surface area contributed by atoms with E-state index in [1.165, 1.54) is 0 Å². The molecule has 1 nitrogen and oxygen atoms in total. The van der Waals surface area contributed by atoms with Gasteiger partial charge in [0.25, 0.3) is 0 Å². The number of ketones is 1. The Bertz CT molecular complexity index is 128. The van der Waals surface area contributed by atoms with Gasteiger partial charge in [-0.15, -0.1) is 0 Å². The SMILES string of the molecule is O=C(CC=S)C(F)(F)F. The van der Waals surface area contributed by atoms with Crippen molar-refractivity contribution in [1.82, 2.24) is 0 Å². The van der Waals surface area contributed by atoms with Crippen LogP contribution in [0.1, 0.15) is 6.42 Å². The van der Waals surface area contributed by atoms with Gasteiger partial charge in [-0.1, -0.05) is 12.2 Å². The summed E-state index contributed by atoms with van der Waals surface area (Å²) in [5.41, 5.74) is 0. The van der Waals surface area contributed by atoms with Crippen LogP contribution in [-0.2, 0) is 4.79 Å². The Kier molecular flexibility index (Phi) is 2.76. The van der Waals surface area contributed by atoms with Gasteiger partial charge in [-0.05, 0) is 5.37 Å². The summed E-state index contributed by atoms with van der Waals surface area (Å²) in [6.07, 6.45) is -5.44. The molecule has 0 radical (unpaired) electrons. The van der Waals surface area contributed by atoms with Gasteiger partial charge in [0.15, 0.2) is 0 Å². The molecule has 5 heteroatoms. The van der Waals surface area contributed by atoms with E-state index in [0.717, 1.165) is 5.37 Å². The number of halogens is 3. The van der Waals surface area contributed by atoms with Gasteiger partial charge in [0.05, 0.1) is 0 Å². The number of hydrogen-bond donors (Lipinski definition) is 0. The number of rotatable bonds is 2. The first kappa shape index (κ1) is 8.55. The summed E-state index contributed by atoms with van der Waals surface area (Å²) in [6, 6.07) is 0. The van der Waals surface area contributed by atoms with E-state index in [9.17, 15) is 18.0 Å². The minimum Gasteiger partial charge on any atom is -0.289 e. The zero-order chi connectivity index (χ0) is 7.49. The van der Waals surface area contributed by atoms with Crippen molar-refractivity contribution in [2.24, 2.45) is 0 Å². The zero-order valence-corrected chi connectivity index (χ0v) is 5.05. The number of thiocarbonyl (C=S) groups is 1. The van der Waals surface area contributed by atoms with E-state index in [1.54, 1.807) is 0 Å². The predicted molar refractivity (Wildman–Crippen MR) is 29.3 cm³/mol. The maximum atomic E-state index is 11.2. The lowest BCUT2D eigenvalue weighted by Crippen LogP contribution is -2.22. The lowest BCUT2D eigenvalue weighted by molar-refractivity contribution is -0.169. The maximum absolute atomic E-state index is 11.2. The van der Waals surface area contributed by atoms with Crippen molar-refractivity contribution >= 4 is 23.4 Å². The molecule has 0 spiro atoms. The number of Topliss-reactive ketones (excluding diaryl/α,β-unsaturated/α-hetero) is 1. The molecule has 0 saturated carbocycles. The van der Waals surface area contributed by atoms with Gasteiger partial charge in [0, 0.05) is 6.42 Å². The van der Waals surface area contributed by atoms with Crippen LogP contribution in [-0.4, -0.2) is 17.3 Å². The molecule has 0 aromatic heterocycles. The molecule has 52 valence electrons. The number of hydrogen-bond acceptors (Lipinski definition) is 2. The van der Waals surface area contributed by atoms with Crippen LogP contribution in [0.4, 0.5) is 13.2 Å². The van der Waals surface area contributed by atoms with Crippen molar-refractivity contribution in [2.45, 2.75) is 12.6 Å². The first-order chi connectivity index (χ1) is 3.98. The molecule has 9 heavy (non-hydrogen) atoms. The van der Waals surface area contributed by atoms with Crippen molar-refractivity contribution < 1.29 is 18.0 Å². The number of alkyl halides is 3. The largest absolute Gasteiger partial charge is 0.450 e. The minimum atomic E-state index is -4.73. The van der Waals surface area contributed by atoms with Gasteiger partial charge in [0.1, 0.15) is 0 Å². The zero-order valence-electron chi connectivity index (χ0n) is 4.23. The molecule has 0 heterocycles. The molecule has 0 aromatic carbocycles. The molecular formula is C4H3F3OS. The fourth-order valence-electron chi connectivity index (χ4n) is 0.191. The second-order valence-electron chi connectivity index (χ2n) is 1.29. The van der Waals surface area contributed by atoms with Crippen LogP contribution >= 0.6 is 12.2 Å². The Balaban J connectivity index is 3.88. The van der Waals surface area contributed by atoms with E-state index in [2.05, 4.69) is 12.2 Å². The van der Waals surface area contributed by atoms with Gasteiger partial charge >= 0.3 is 6.18 Å². The Morgan fingerprint density at radius 1 is 1.56 bits per heavy atom. The van der Waals surface area contributed by atoms with E-state index >= 15 is 0 Å². The molecule has 0 fully saturated rings. The van der Waals surface area contributed by atoms with Crippen LogP contribution in [0.25, 0.3) is 0 Å². The molecule has 0 saturated heterocycles. The van der Waals surface area contributed by atoms with Gasteiger partial charge in [-0.2, -0.15) is 13.2 Å². The number of carbonyl (C=O) groups excluding carboxylic acids is 1. The predicted octanol–water partition coefficient (Wildman–Crippen LogP) is 1.51. The monoisotopic (exact) mass is 156 g/mol. The van der Waals surface area contributed by atoms with E-state index < -0.39 is 18.4 Å². The summed E-state index contributed by atoms with van der Waals surface area (Å²) in [6.45, 7) is 0. The van der Waals surface area contributed by atoms with E-state index in [4.69, 9.17) is 0 Å². The molecule has 0 aliphatic heterocycles. The molecule has 0 aromatic rings. The third-order valence-corrected chi connectivity index (χ3v) is 0.752. The first-order valence-electron chi connectivity index (χ1n) is 2.02. The van der Waals surface area contributed by atoms with Crippen molar-refractivity contribution in [3.05, 3.63) is 0 Å². The second kappa shape index (κ2) is 2.91. The normalized spacial score (nSPS) is 11.0. The molecule has 0 rings (SSSR count). The lowest BCUT2D eigenvalue weighted by atomic mass is 10.3. The van der Waals surface area contributed by atoms with E-state index in [1.807, 2.05) is 0 Å². The van der Waals surface area contributed by atoms with Crippen LogP contribution < -0.4 is 0 Å². The highest BCUT2D eigenvalue weighted by Crippen LogP contribution is 2.16. The highest BCUT2D eigenvalue weighted by Gasteiger charge is 2.36. The average Bonchev–Trinajstić information content (AvgIpc) is 1.64. The minimum absolute atomic E-state index is 0.709. The third-order valence-electron chi connectivity index (χ3n) is 0.585. The van der Waals surface area contributed by atoms with Crippen molar-refractivity contribution in [1.29, 1.82) is 0 Å². The van der Waals surface area contributed by atoms with E-state index in [-0.39, 0.29) is 0 Å². The highest BCUT2D eigenvalue weighted by molar-refractivity contribution is 7.79. The summed E-state index contributed by atoms with van der Waals surface area (Å²) in [5, 5.41) is 0.760. The smallest absolute Gasteiger partial charge is 0.289 e. The first-order valence-corrected chi connectivity index (χ1v) is 2.49. The van der Waals surface area contributed by atoms with Gasteiger partial charge in [-0.3, -0.25) is 4.79 Å². The highest BCUT2D eigenvalue weighted by atomic mass is 32.1. The summed E-state index contributed by atoms with van der Waals surface area (Å²) >= 11 is 4.05. The quantitative estimate of drug-likeness (QED) is 0.563. The maximum Gasteiger partial charge on any atom is 0.450 e. The lowest BCUT2D eigenvalue weighted by Gasteiger charge is -1.99. The molecule has 0 unspecified atom stereocenters. The molecule has 0 bridgehead atoms. The van der Waals surface area contributed by atoms with Gasteiger partial charge in [0.2, 0.25) is 5.78 Å². The molecular weight excluding hydrogens is 153 g/mol. The molecule has 0 atom stereocenters. The Morgan fingerprint density at radius 2 is 2.00 bits per heavy atom. The summed E-state index contributed by atoms with van der Waals surface area (Å²) < 4.78 is 33.7. The van der Waals surface area contributed by atoms with Crippen molar-refractivity contribution in [2.75, 3.05) is 0 Å². The summed E-state index contributed by atoms with van der Waals surface area (Å²) in [4.78, 5) is 9.84. The van der Waals surface area contributed by atoms with Gasteiger partial charge in [-0.25, -0.2) is 0 Å². The Labute approximate surface area is 54.9 Å².